The Morgan fingerprint density at radius 1 is 1.04 bits per heavy atom. The molecule has 0 N–H and O–H groups in total. The second-order valence-corrected chi connectivity index (χ2v) is 9.17. The van der Waals surface area contributed by atoms with Crippen LogP contribution in [0.4, 0.5) is 4.79 Å². The molecule has 0 spiro atoms. The van der Waals surface area contributed by atoms with Gasteiger partial charge in [0.1, 0.15) is 11.9 Å². The molecule has 0 amide bonds. The zero-order valence-electron chi connectivity index (χ0n) is 18.6. The van der Waals surface area contributed by atoms with Crippen LogP contribution < -0.4 is 4.74 Å². The summed E-state index contributed by atoms with van der Waals surface area (Å²) in [5.74, 6) is -0.657. The van der Waals surface area contributed by atoms with E-state index in [-0.39, 0.29) is 10.8 Å². The first-order valence-corrected chi connectivity index (χ1v) is 9.46. The Hall–Kier alpha value is -2.30. The van der Waals surface area contributed by atoms with Gasteiger partial charge in [0.25, 0.3) is 0 Å². The van der Waals surface area contributed by atoms with Crippen molar-refractivity contribution in [2.24, 2.45) is 5.92 Å². The Balaban J connectivity index is 3.37. The molecule has 0 saturated heterocycles. The molecule has 0 radical (unpaired) electrons. The van der Waals surface area contributed by atoms with E-state index in [1.165, 1.54) is 13.2 Å². The van der Waals surface area contributed by atoms with Gasteiger partial charge in [0.05, 0.1) is 13.0 Å². The van der Waals surface area contributed by atoms with Crippen LogP contribution in [0.3, 0.4) is 0 Å². The molecule has 0 bridgehead atoms. The number of carbonyl (C=O) groups excluding carboxylic acids is 2. The molecule has 0 unspecified atom stereocenters. The van der Waals surface area contributed by atoms with Crippen LogP contribution in [0.2, 0.25) is 0 Å². The molecule has 0 fully saturated rings. The normalized spacial score (nSPS) is 14.0. The van der Waals surface area contributed by atoms with Gasteiger partial charge in [0.15, 0.2) is 0 Å². The molecule has 28 heavy (non-hydrogen) atoms. The second-order valence-electron chi connectivity index (χ2n) is 9.17. The highest BCUT2D eigenvalue weighted by atomic mass is 16.7. The lowest BCUT2D eigenvalue weighted by Crippen LogP contribution is -2.33. The van der Waals surface area contributed by atoms with Gasteiger partial charge in [-0.15, -0.1) is 0 Å². The first-order valence-electron chi connectivity index (χ1n) is 9.46. The summed E-state index contributed by atoms with van der Waals surface area (Å²) in [5.41, 5.74) is 2.60. The van der Waals surface area contributed by atoms with Crippen molar-refractivity contribution >= 4 is 12.1 Å². The molecule has 0 aliphatic rings. The van der Waals surface area contributed by atoms with E-state index >= 15 is 0 Å². The van der Waals surface area contributed by atoms with Crippen molar-refractivity contribution in [3.05, 3.63) is 41.5 Å². The quantitative estimate of drug-likeness (QED) is 0.379. The Kier molecular flexibility index (Phi) is 7.46. The fourth-order valence-corrected chi connectivity index (χ4v) is 2.84. The van der Waals surface area contributed by atoms with Crippen molar-refractivity contribution in [3.8, 4) is 5.75 Å². The molecule has 0 aromatic heterocycles. The highest BCUT2D eigenvalue weighted by Crippen LogP contribution is 2.41. The lowest BCUT2D eigenvalue weighted by atomic mass is 9.78. The molecule has 1 aromatic rings. The van der Waals surface area contributed by atoms with Crippen molar-refractivity contribution in [2.75, 3.05) is 7.11 Å². The average Bonchev–Trinajstić information content (AvgIpc) is 2.57. The Morgan fingerprint density at radius 3 is 1.86 bits per heavy atom. The minimum absolute atomic E-state index is 0.217. The van der Waals surface area contributed by atoms with Gasteiger partial charge in [0, 0.05) is 11.1 Å². The number of hydrogen-bond acceptors (Lipinski definition) is 5. The third kappa shape index (κ3) is 5.85. The Morgan fingerprint density at radius 2 is 1.50 bits per heavy atom. The standard InChI is InChI=1S/C23H34O5/c1-11-18(27-21(25)26-10)15(3)20(24)28-19-16(22(4,5)6)12-14(2)13-17(19)23(7,8)9/h11-13,15,18H,1H2,2-10H3/t15-,18-/m0/s1. The predicted molar refractivity (Wildman–Crippen MR) is 111 cm³/mol. The van der Waals surface area contributed by atoms with Crippen LogP contribution in [0.5, 0.6) is 5.75 Å². The Bertz CT molecular complexity index is 699. The monoisotopic (exact) mass is 390 g/mol. The minimum Gasteiger partial charge on any atom is -0.438 e. The van der Waals surface area contributed by atoms with Gasteiger partial charge in [-0.1, -0.05) is 71.9 Å². The van der Waals surface area contributed by atoms with E-state index in [0.717, 1.165) is 16.7 Å². The molecule has 5 nitrogen and oxygen atoms in total. The van der Waals surface area contributed by atoms with Crippen LogP contribution in [0, 0.1) is 12.8 Å². The smallest absolute Gasteiger partial charge is 0.438 e. The van der Waals surface area contributed by atoms with Gasteiger partial charge in [-0.05, 0) is 24.7 Å². The molecule has 0 heterocycles. The minimum atomic E-state index is -0.870. The van der Waals surface area contributed by atoms with E-state index in [1.807, 2.05) is 6.92 Å². The van der Waals surface area contributed by atoms with Gasteiger partial charge >= 0.3 is 12.1 Å². The SMILES string of the molecule is C=C[C@H](OC(=O)OC)[C@H](C)C(=O)Oc1c(C(C)(C)C)cc(C)cc1C(C)(C)C. The van der Waals surface area contributed by atoms with E-state index in [4.69, 9.17) is 9.47 Å². The molecule has 156 valence electrons. The topological polar surface area (TPSA) is 61.8 Å². The number of benzene rings is 1. The zero-order valence-corrected chi connectivity index (χ0v) is 18.6. The highest BCUT2D eigenvalue weighted by Gasteiger charge is 2.32. The largest absolute Gasteiger partial charge is 0.508 e. The maximum absolute atomic E-state index is 12.9. The van der Waals surface area contributed by atoms with Gasteiger partial charge in [-0.2, -0.15) is 0 Å². The fraction of sp³-hybridized carbons (Fsp3) is 0.565. The molecule has 0 saturated carbocycles. The number of carbonyl (C=O) groups is 2. The maximum Gasteiger partial charge on any atom is 0.508 e. The van der Waals surface area contributed by atoms with Crippen LogP contribution in [-0.2, 0) is 25.1 Å². The van der Waals surface area contributed by atoms with Gasteiger partial charge in [0.2, 0.25) is 0 Å². The fourth-order valence-electron chi connectivity index (χ4n) is 2.84. The van der Waals surface area contributed by atoms with Crippen molar-refractivity contribution in [3.63, 3.8) is 0 Å². The summed E-state index contributed by atoms with van der Waals surface area (Å²) < 4.78 is 15.5. The number of rotatable bonds is 5. The number of methoxy groups -OCH3 is 1. The van der Waals surface area contributed by atoms with Crippen LogP contribution in [0.15, 0.2) is 24.8 Å². The van der Waals surface area contributed by atoms with Crippen molar-refractivity contribution < 1.29 is 23.8 Å². The predicted octanol–water partition coefficient (Wildman–Crippen LogP) is 5.47. The van der Waals surface area contributed by atoms with E-state index in [9.17, 15) is 9.59 Å². The molecular weight excluding hydrogens is 356 g/mol. The van der Waals surface area contributed by atoms with E-state index in [2.05, 4.69) is 65.0 Å². The van der Waals surface area contributed by atoms with Gasteiger partial charge in [-0.3, -0.25) is 4.79 Å². The zero-order chi connectivity index (χ0) is 21.9. The van der Waals surface area contributed by atoms with Crippen molar-refractivity contribution in [2.45, 2.75) is 72.3 Å². The van der Waals surface area contributed by atoms with Crippen LogP contribution in [-0.4, -0.2) is 25.3 Å². The molecule has 1 rings (SSSR count). The summed E-state index contributed by atoms with van der Waals surface area (Å²) in [6, 6.07) is 4.11. The van der Waals surface area contributed by atoms with E-state index < -0.39 is 24.1 Å². The first-order chi connectivity index (χ1) is 12.7. The van der Waals surface area contributed by atoms with Crippen molar-refractivity contribution in [1.29, 1.82) is 0 Å². The number of aryl methyl sites for hydroxylation is 1. The third-order valence-corrected chi connectivity index (χ3v) is 4.55. The number of esters is 1. The van der Waals surface area contributed by atoms with Crippen LogP contribution in [0.25, 0.3) is 0 Å². The average molecular weight is 391 g/mol. The van der Waals surface area contributed by atoms with Gasteiger partial charge < -0.3 is 14.2 Å². The summed E-state index contributed by atoms with van der Waals surface area (Å²) >= 11 is 0. The summed E-state index contributed by atoms with van der Waals surface area (Å²) in [6.07, 6.45) is -0.319. The molecule has 1 aromatic carbocycles. The Labute approximate surface area is 169 Å². The third-order valence-electron chi connectivity index (χ3n) is 4.55. The lowest BCUT2D eigenvalue weighted by Gasteiger charge is -2.30. The number of ether oxygens (including phenoxy) is 3. The lowest BCUT2D eigenvalue weighted by molar-refractivity contribution is -0.141. The first kappa shape index (κ1) is 23.7. The van der Waals surface area contributed by atoms with E-state index in [1.54, 1.807) is 6.92 Å². The van der Waals surface area contributed by atoms with Crippen LogP contribution >= 0.6 is 0 Å². The molecule has 0 aliphatic carbocycles. The summed E-state index contributed by atoms with van der Waals surface area (Å²) in [4.78, 5) is 24.4. The van der Waals surface area contributed by atoms with Crippen LogP contribution in [0.1, 0.15) is 65.2 Å². The maximum atomic E-state index is 12.9. The van der Waals surface area contributed by atoms with Crippen molar-refractivity contribution in [1.82, 2.24) is 0 Å². The van der Waals surface area contributed by atoms with Gasteiger partial charge in [-0.25, -0.2) is 4.79 Å². The van der Waals surface area contributed by atoms with E-state index in [0.29, 0.717) is 5.75 Å². The second kappa shape index (κ2) is 8.80. The summed E-state index contributed by atoms with van der Waals surface area (Å²) in [6.45, 7) is 19.8. The molecule has 5 heteroatoms. The molecular formula is C23H34O5. The molecule has 2 atom stereocenters. The highest BCUT2D eigenvalue weighted by molar-refractivity contribution is 5.77. The summed E-state index contributed by atoms with van der Waals surface area (Å²) in [7, 11) is 1.21. The molecule has 0 aliphatic heterocycles. The summed E-state index contributed by atoms with van der Waals surface area (Å²) in [5, 5.41) is 0. The number of hydrogen-bond donors (Lipinski definition) is 0.